The van der Waals surface area contributed by atoms with Gasteiger partial charge in [-0.25, -0.2) is 0 Å². The topological polar surface area (TPSA) is 90.9 Å². The Hall–Kier alpha value is -4.04. The minimum absolute atomic E-state index is 0.109. The molecule has 0 spiro atoms. The molecule has 0 aliphatic rings. The van der Waals surface area contributed by atoms with E-state index in [4.69, 9.17) is 9.15 Å². The molecule has 0 N–H and O–H groups in total. The lowest BCUT2D eigenvalue weighted by Gasteiger charge is -2.04. The van der Waals surface area contributed by atoms with Gasteiger partial charge in [-0.05, 0) is 23.6 Å². The molecule has 7 nitrogen and oxygen atoms in total. The van der Waals surface area contributed by atoms with Crippen LogP contribution >= 0.6 is 11.3 Å². The van der Waals surface area contributed by atoms with E-state index in [1.807, 2.05) is 36.4 Å². The van der Waals surface area contributed by atoms with Gasteiger partial charge in [0, 0.05) is 11.5 Å². The molecule has 1 amide bonds. The highest BCUT2D eigenvalue weighted by Gasteiger charge is 2.16. The Balaban J connectivity index is 1.72. The molecule has 5 aromatic rings. The van der Waals surface area contributed by atoms with E-state index in [0.717, 1.165) is 27.1 Å². The van der Waals surface area contributed by atoms with Crippen LogP contribution < -0.4 is 10.2 Å². The number of hydrogen-bond donors (Lipinski definition) is 0. The SMILES string of the molecule is COC(=O)Cn1c(=NC(=O)c2cc(=O)c3ccccc3o2)sc2c3ccccc3ccc21. The number of hydrogen-bond acceptors (Lipinski definition) is 6. The number of esters is 1. The number of rotatable bonds is 3. The number of fused-ring (bicyclic) bond motifs is 4. The number of methoxy groups -OCH3 is 1. The van der Waals surface area contributed by atoms with Gasteiger partial charge in [0.25, 0.3) is 0 Å². The number of carbonyl (C=O) groups excluding carboxylic acids is 2. The first-order valence-corrected chi connectivity index (χ1v) is 10.6. The zero-order chi connectivity index (χ0) is 22.2. The first-order valence-electron chi connectivity index (χ1n) is 9.75. The highest BCUT2D eigenvalue weighted by molar-refractivity contribution is 7.17. The number of benzene rings is 3. The summed E-state index contributed by atoms with van der Waals surface area (Å²) in [6.07, 6.45) is 0. The predicted octanol–water partition coefficient (Wildman–Crippen LogP) is 3.88. The van der Waals surface area contributed by atoms with Gasteiger partial charge in [-0.1, -0.05) is 53.8 Å². The van der Waals surface area contributed by atoms with E-state index in [1.54, 1.807) is 28.8 Å². The van der Waals surface area contributed by atoms with Crippen molar-refractivity contribution in [2.75, 3.05) is 7.11 Å². The van der Waals surface area contributed by atoms with Crippen LogP contribution in [-0.2, 0) is 16.1 Å². The maximum absolute atomic E-state index is 12.9. The molecule has 5 rings (SSSR count). The number of ether oxygens (including phenoxy) is 1. The fraction of sp³-hybridized carbons (Fsp3) is 0.0833. The molecular weight excluding hydrogens is 428 g/mol. The molecule has 0 atom stereocenters. The standard InChI is InChI=1S/C24H16N2O5S/c1-30-21(28)13-26-17-11-10-14-6-2-3-7-15(14)22(17)32-24(26)25-23(29)20-12-18(27)16-8-4-5-9-19(16)31-20/h2-12H,13H2,1H3. The first-order chi connectivity index (χ1) is 15.5. The average molecular weight is 444 g/mol. The molecule has 2 aromatic heterocycles. The molecule has 0 saturated carbocycles. The molecule has 0 fully saturated rings. The first kappa shape index (κ1) is 19.9. The zero-order valence-corrected chi connectivity index (χ0v) is 17.7. The molecule has 8 heteroatoms. The lowest BCUT2D eigenvalue weighted by Crippen LogP contribution is -2.22. The molecule has 2 heterocycles. The third-order valence-electron chi connectivity index (χ3n) is 5.13. The van der Waals surface area contributed by atoms with Gasteiger partial charge < -0.3 is 13.7 Å². The summed E-state index contributed by atoms with van der Waals surface area (Å²) in [5.74, 6) is -1.34. The molecule has 0 bridgehead atoms. The van der Waals surface area contributed by atoms with E-state index >= 15 is 0 Å². The number of para-hydroxylation sites is 1. The second-order valence-electron chi connectivity index (χ2n) is 7.07. The number of aromatic nitrogens is 1. The summed E-state index contributed by atoms with van der Waals surface area (Å²) in [5, 5.41) is 2.41. The molecule has 0 unspecified atom stereocenters. The second kappa shape index (κ2) is 7.90. The number of carbonyl (C=O) groups is 2. The maximum Gasteiger partial charge on any atom is 0.325 e. The summed E-state index contributed by atoms with van der Waals surface area (Å²) in [7, 11) is 1.30. The van der Waals surface area contributed by atoms with E-state index in [9.17, 15) is 14.4 Å². The monoisotopic (exact) mass is 444 g/mol. The van der Waals surface area contributed by atoms with Gasteiger partial charge in [0.15, 0.2) is 16.0 Å². The Labute approximate surface area is 184 Å². The average Bonchev–Trinajstić information content (AvgIpc) is 3.16. The van der Waals surface area contributed by atoms with Crippen LogP contribution in [0.4, 0.5) is 0 Å². The third-order valence-corrected chi connectivity index (χ3v) is 6.26. The van der Waals surface area contributed by atoms with Crippen molar-refractivity contribution in [2.45, 2.75) is 6.54 Å². The summed E-state index contributed by atoms with van der Waals surface area (Å²) >= 11 is 1.28. The van der Waals surface area contributed by atoms with E-state index in [0.29, 0.717) is 15.8 Å². The van der Waals surface area contributed by atoms with Gasteiger partial charge in [-0.2, -0.15) is 4.99 Å². The van der Waals surface area contributed by atoms with Crippen LogP contribution in [0.5, 0.6) is 0 Å². The Kier molecular flexibility index (Phi) is 4.91. The Bertz CT molecular complexity index is 1660. The largest absolute Gasteiger partial charge is 0.468 e. The summed E-state index contributed by atoms with van der Waals surface area (Å²) in [4.78, 5) is 41.9. The highest BCUT2D eigenvalue weighted by atomic mass is 32.1. The van der Waals surface area contributed by atoms with Crippen LogP contribution in [0.1, 0.15) is 10.6 Å². The molecular formula is C24H16N2O5S. The number of amides is 1. The van der Waals surface area contributed by atoms with E-state index in [2.05, 4.69) is 4.99 Å². The summed E-state index contributed by atoms with van der Waals surface area (Å²) < 4.78 is 13.0. The minimum atomic E-state index is -0.706. The second-order valence-corrected chi connectivity index (χ2v) is 8.05. The number of thiazole rings is 1. The van der Waals surface area contributed by atoms with Crippen LogP contribution in [0.2, 0.25) is 0 Å². The van der Waals surface area contributed by atoms with Gasteiger partial charge in [-0.3, -0.25) is 14.4 Å². The Morgan fingerprint density at radius 1 is 1.03 bits per heavy atom. The van der Waals surface area contributed by atoms with Crippen molar-refractivity contribution < 1.29 is 18.7 Å². The molecule has 0 radical (unpaired) electrons. The molecule has 3 aromatic carbocycles. The van der Waals surface area contributed by atoms with Gasteiger partial charge in [-0.15, -0.1) is 0 Å². The van der Waals surface area contributed by atoms with Crippen LogP contribution in [0, 0.1) is 0 Å². The smallest absolute Gasteiger partial charge is 0.325 e. The predicted molar refractivity (Wildman–Crippen MR) is 122 cm³/mol. The van der Waals surface area contributed by atoms with Gasteiger partial charge in [0.05, 0.1) is 22.7 Å². The highest BCUT2D eigenvalue weighted by Crippen LogP contribution is 2.27. The van der Waals surface area contributed by atoms with Crippen molar-refractivity contribution in [3.05, 3.63) is 87.5 Å². The number of nitrogens with zero attached hydrogens (tertiary/aromatic N) is 2. The molecule has 0 aliphatic carbocycles. The van der Waals surface area contributed by atoms with Gasteiger partial charge in [0.2, 0.25) is 0 Å². The Morgan fingerprint density at radius 2 is 1.78 bits per heavy atom. The van der Waals surface area contributed by atoms with Crippen LogP contribution in [0.3, 0.4) is 0 Å². The lowest BCUT2D eigenvalue weighted by molar-refractivity contribution is -0.141. The fourth-order valence-corrected chi connectivity index (χ4v) is 4.74. The molecule has 32 heavy (non-hydrogen) atoms. The van der Waals surface area contributed by atoms with Crippen molar-refractivity contribution >= 4 is 55.2 Å². The van der Waals surface area contributed by atoms with Gasteiger partial charge >= 0.3 is 11.9 Å². The Morgan fingerprint density at radius 3 is 2.59 bits per heavy atom. The van der Waals surface area contributed by atoms with E-state index in [1.165, 1.54) is 18.4 Å². The van der Waals surface area contributed by atoms with E-state index < -0.39 is 11.9 Å². The normalized spacial score (nSPS) is 12.0. The summed E-state index contributed by atoms with van der Waals surface area (Å²) in [5.41, 5.74) is 0.740. The van der Waals surface area contributed by atoms with Crippen molar-refractivity contribution in [1.29, 1.82) is 0 Å². The summed E-state index contributed by atoms with van der Waals surface area (Å²) in [6.45, 7) is -0.109. The maximum atomic E-state index is 12.9. The lowest BCUT2D eigenvalue weighted by atomic mass is 10.1. The van der Waals surface area contributed by atoms with Gasteiger partial charge in [0.1, 0.15) is 12.1 Å². The van der Waals surface area contributed by atoms with Crippen molar-refractivity contribution in [1.82, 2.24) is 4.57 Å². The fourth-order valence-electron chi connectivity index (χ4n) is 3.58. The molecule has 0 saturated heterocycles. The van der Waals surface area contributed by atoms with Crippen molar-refractivity contribution in [2.24, 2.45) is 4.99 Å². The van der Waals surface area contributed by atoms with Crippen molar-refractivity contribution in [3.63, 3.8) is 0 Å². The molecule has 0 aliphatic heterocycles. The van der Waals surface area contributed by atoms with Crippen LogP contribution in [0.25, 0.3) is 32.0 Å². The van der Waals surface area contributed by atoms with Crippen LogP contribution in [-0.4, -0.2) is 23.6 Å². The molecule has 158 valence electrons. The summed E-state index contributed by atoms with van der Waals surface area (Å²) in [6, 6.07) is 19.5. The van der Waals surface area contributed by atoms with Crippen molar-refractivity contribution in [3.8, 4) is 0 Å². The third kappa shape index (κ3) is 3.40. The van der Waals surface area contributed by atoms with E-state index in [-0.39, 0.29) is 17.7 Å². The zero-order valence-electron chi connectivity index (χ0n) is 16.9. The minimum Gasteiger partial charge on any atom is -0.468 e. The quantitative estimate of drug-likeness (QED) is 0.394. The van der Waals surface area contributed by atoms with Crippen LogP contribution in [0.15, 0.2) is 80.9 Å².